The van der Waals surface area contributed by atoms with E-state index in [0.717, 1.165) is 12.0 Å². The molecule has 3 heterocycles. The number of hydrogen-bond acceptors (Lipinski definition) is 8. The van der Waals surface area contributed by atoms with Gasteiger partial charge in [0.15, 0.2) is 22.8 Å². The molecule has 0 radical (unpaired) electrons. The number of Topliss-reactive ketones (excluding diaryl/α,β-unsaturated/α-hetero) is 2. The number of allylic oxidation sites excluding steroid dienone is 6. The Morgan fingerprint density at radius 2 is 1.74 bits per heavy atom. The largest absolute Gasteiger partial charge is 0.506 e. The van der Waals surface area contributed by atoms with Crippen molar-refractivity contribution in [3.05, 3.63) is 69.5 Å². The van der Waals surface area contributed by atoms with E-state index in [2.05, 4.69) is 19.9 Å². The number of fused-ring (bicyclic) bond motifs is 2. The zero-order valence-corrected chi connectivity index (χ0v) is 28.0. The molecule has 1 aromatic carbocycles. The van der Waals surface area contributed by atoms with Crippen molar-refractivity contribution in [2.45, 2.75) is 110 Å². The molecule has 1 spiro atoms. The summed E-state index contributed by atoms with van der Waals surface area (Å²) >= 11 is 0. The zero-order valence-electron chi connectivity index (χ0n) is 28.0. The third-order valence-corrected chi connectivity index (χ3v) is 10.4. The van der Waals surface area contributed by atoms with Gasteiger partial charge in [0.1, 0.15) is 34.2 Å². The van der Waals surface area contributed by atoms with Gasteiger partial charge in [0.2, 0.25) is 0 Å². The van der Waals surface area contributed by atoms with Gasteiger partial charge in [-0.1, -0.05) is 29.4 Å². The molecular weight excluding hydrogens is 584 g/mol. The molecule has 3 aliphatic carbocycles. The molecule has 1 N–H and O–H groups in total. The van der Waals surface area contributed by atoms with Crippen molar-refractivity contribution < 1.29 is 38.4 Å². The first-order valence-electron chi connectivity index (χ1n) is 16.1. The van der Waals surface area contributed by atoms with E-state index in [0.29, 0.717) is 53.9 Å². The number of ketones is 2. The minimum absolute atomic E-state index is 0.0454. The lowest BCUT2D eigenvalue weighted by atomic mass is 9.51. The first kappa shape index (κ1) is 32.0. The van der Waals surface area contributed by atoms with E-state index < -0.39 is 28.3 Å². The maximum absolute atomic E-state index is 14.7. The van der Waals surface area contributed by atoms with Gasteiger partial charge >= 0.3 is 0 Å². The molecule has 0 amide bonds. The van der Waals surface area contributed by atoms with Crippen molar-refractivity contribution in [2.75, 3.05) is 0 Å². The Balaban J connectivity index is 1.58. The number of carbonyl (C=O) groups is 3. The predicted octanol–water partition coefficient (Wildman–Crippen LogP) is 7.29. The molecular formula is C38H44O8. The first-order valence-corrected chi connectivity index (χ1v) is 16.1. The molecule has 8 nitrogen and oxygen atoms in total. The fourth-order valence-corrected chi connectivity index (χ4v) is 8.20. The molecule has 244 valence electrons. The van der Waals surface area contributed by atoms with E-state index in [1.807, 2.05) is 52.8 Å². The Hall–Kier alpha value is -3.91. The first-order chi connectivity index (χ1) is 21.6. The molecule has 1 saturated heterocycles. The molecule has 1 aromatic rings. The lowest BCUT2D eigenvalue weighted by Gasteiger charge is -2.56. The smallest absolute Gasteiger partial charge is 0.298 e. The van der Waals surface area contributed by atoms with Gasteiger partial charge in [-0.3, -0.25) is 14.4 Å². The maximum atomic E-state index is 14.7. The zero-order chi connectivity index (χ0) is 33.4. The molecule has 4 bridgehead atoms. The monoisotopic (exact) mass is 628 g/mol. The van der Waals surface area contributed by atoms with Gasteiger partial charge in [0.25, 0.3) is 6.47 Å². The Morgan fingerprint density at radius 3 is 2.41 bits per heavy atom. The van der Waals surface area contributed by atoms with Gasteiger partial charge < -0.3 is 24.1 Å². The van der Waals surface area contributed by atoms with Crippen molar-refractivity contribution in [2.24, 2.45) is 11.8 Å². The summed E-state index contributed by atoms with van der Waals surface area (Å²) in [5.74, 6) is -0.605. The molecule has 1 saturated carbocycles. The lowest BCUT2D eigenvalue weighted by molar-refractivity contribution is -0.171. The quantitative estimate of drug-likeness (QED) is 0.173. The number of phenols is 1. The molecule has 6 aliphatic rings. The number of hydrogen-bond donors (Lipinski definition) is 1. The fourth-order valence-electron chi connectivity index (χ4n) is 8.20. The number of carbonyl (C=O) groups excluding carboxylic acids is 3. The Bertz CT molecular complexity index is 1690. The van der Waals surface area contributed by atoms with Crippen LogP contribution in [0, 0.1) is 11.8 Å². The van der Waals surface area contributed by atoms with E-state index >= 15 is 0 Å². The van der Waals surface area contributed by atoms with Crippen molar-refractivity contribution in [3.8, 4) is 17.2 Å². The van der Waals surface area contributed by atoms with E-state index in [4.69, 9.17) is 18.9 Å². The minimum atomic E-state index is -1.55. The summed E-state index contributed by atoms with van der Waals surface area (Å²) in [7, 11) is 0. The average Bonchev–Trinajstić information content (AvgIpc) is 3.12. The van der Waals surface area contributed by atoms with Crippen molar-refractivity contribution in [3.63, 3.8) is 0 Å². The molecule has 3 aliphatic heterocycles. The lowest BCUT2D eigenvalue weighted by Crippen LogP contribution is -2.72. The third kappa shape index (κ3) is 4.55. The topological polar surface area (TPSA) is 108 Å². The normalized spacial score (nSPS) is 31.1. The number of phenolic OH excluding ortho intramolecular Hbond substituents is 1. The summed E-state index contributed by atoms with van der Waals surface area (Å²) in [5, 5.41) is 11.8. The number of rotatable bonds is 9. The second-order valence-electron chi connectivity index (χ2n) is 14.6. The van der Waals surface area contributed by atoms with Crippen LogP contribution in [0.3, 0.4) is 0 Å². The molecule has 2 fully saturated rings. The highest BCUT2D eigenvalue weighted by Crippen LogP contribution is 2.68. The highest BCUT2D eigenvalue weighted by Gasteiger charge is 2.81. The van der Waals surface area contributed by atoms with Gasteiger partial charge in [-0.05, 0) is 99.3 Å². The summed E-state index contributed by atoms with van der Waals surface area (Å²) in [6.45, 7) is 16.0. The van der Waals surface area contributed by atoms with Crippen LogP contribution < -0.4 is 9.47 Å². The van der Waals surface area contributed by atoms with Gasteiger partial charge in [0.05, 0.1) is 11.2 Å². The summed E-state index contributed by atoms with van der Waals surface area (Å²) < 4.78 is 25.7. The predicted molar refractivity (Wildman–Crippen MR) is 174 cm³/mol. The molecule has 0 aromatic heterocycles. The average molecular weight is 629 g/mol. The Morgan fingerprint density at radius 1 is 1.02 bits per heavy atom. The Labute approximate surface area is 270 Å². The van der Waals surface area contributed by atoms with Crippen molar-refractivity contribution >= 4 is 24.1 Å². The van der Waals surface area contributed by atoms with Crippen LogP contribution in [-0.4, -0.2) is 45.5 Å². The summed E-state index contributed by atoms with van der Waals surface area (Å²) in [6.07, 6.45) is 13.8. The van der Waals surface area contributed by atoms with Crippen LogP contribution in [0.5, 0.6) is 17.2 Å². The molecule has 8 heteroatoms. The van der Waals surface area contributed by atoms with E-state index in [1.54, 1.807) is 19.1 Å². The van der Waals surface area contributed by atoms with Crippen molar-refractivity contribution in [1.29, 1.82) is 0 Å². The van der Waals surface area contributed by atoms with Crippen molar-refractivity contribution in [1.82, 2.24) is 0 Å². The fraction of sp³-hybridized carbons (Fsp3) is 0.500. The number of aromatic hydroxyl groups is 1. The van der Waals surface area contributed by atoms with E-state index in [-0.39, 0.29) is 41.0 Å². The minimum Gasteiger partial charge on any atom is -0.506 e. The molecule has 46 heavy (non-hydrogen) atoms. The SMILES string of the molecule is CC(C)=CCC[C@@]1(C)C=Cc2c(O)c3c(c(CC=C(C)C)c2O1)O[C@]12C(=CC4CC1C(C)(C)O[C@@]2(C/C=C(/C)OC=O)C4=O)C3=O. The van der Waals surface area contributed by atoms with Gasteiger partial charge in [-0.15, -0.1) is 0 Å². The van der Waals surface area contributed by atoms with Gasteiger partial charge in [-0.2, -0.15) is 0 Å². The number of benzene rings is 1. The third-order valence-electron chi connectivity index (χ3n) is 10.4. The highest BCUT2D eigenvalue weighted by molar-refractivity contribution is 6.19. The van der Waals surface area contributed by atoms with E-state index in [1.165, 1.54) is 5.57 Å². The molecule has 5 atom stereocenters. The summed E-state index contributed by atoms with van der Waals surface area (Å²) in [6, 6.07) is 0. The second kappa shape index (κ2) is 10.8. The van der Waals surface area contributed by atoms with Crippen LogP contribution in [0.15, 0.2) is 52.9 Å². The maximum Gasteiger partial charge on any atom is 0.298 e. The van der Waals surface area contributed by atoms with Gasteiger partial charge in [-0.25, -0.2) is 0 Å². The van der Waals surface area contributed by atoms with Gasteiger partial charge in [0, 0.05) is 29.4 Å². The summed E-state index contributed by atoms with van der Waals surface area (Å²) in [4.78, 5) is 40.1. The van der Waals surface area contributed by atoms with Crippen LogP contribution in [0.25, 0.3) is 6.08 Å². The summed E-state index contributed by atoms with van der Waals surface area (Å²) in [5.41, 5.74) is -0.687. The Kier molecular flexibility index (Phi) is 7.54. The number of ether oxygens (including phenoxy) is 4. The highest BCUT2D eigenvalue weighted by atomic mass is 16.6. The second-order valence-corrected chi connectivity index (χ2v) is 14.6. The van der Waals surface area contributed by atoms with Crippen LogP contribution in [0.4, 0.5) is 0 Å². The molecule has 7 rings (SSSR count). The standard InChI is InChI=1S/C38H44O8/c1-21(2)10-9-15-36(8)16-14-25-30(40)29-31(41)27-18-24-19-28-35(6,7)46-37(34(24)42,17-13-23(5)43-20-39)38(27,28)45-33(29)26(32(25)44-36)12-11-22(3)4/h10-11,13-14,16,18,20,24,28,40H,9,12,15,17,19H2,1-8H3/b23-13-/t24?,28?,36-,37-,38+/m0/s1. The van der Waals surface area contributed by atoms with Crippen LogP contribution in [-0.2, 0) is 25.5 Å². The van der Waals surface area contributed by atoms with E-state index in [9.17, 15) is 19.5 Å². The van der Waals surface area contributed by atoms with Crippen LogP contribution in [0.1, 0.15) is 103 Å². The molecule has 2 unspecified atom stereocenters. The van der Waals surface area contributed by atoms with Crippen LogP contribution >= 0.6 is 0 Å². The van der Waals surface area contributed by atoms with Crippen LogP contribution in [0.2, 0.25) is 0 Å².